The summed E-state index contributed by atoms with van der Waals surface area (Å²) in [5.41, 5.74) is 0.976. The summed E-state index contributed by atoms with van der Waals surface area (Å²) in [6.45, 7) is 6.28. The van der Waals surface area contributed by atoms with Crippen LogP contribution in [0.25, 0.3) is 11.4 Å². The van der Waals surface area contributed by atoms with Gasteiger partial charge in [0.05, 0.1) is 0 Å². The van der Waals surface area contributed by atoms with Crippen LogP contribution in [0.2, 0.25) is 5.02 Å². The molecule has 0 unspecified atom stereocenters. The van der Waals surface area contributed by atoms with E-state index in [1.807, 2.05) is 24.3 Å². The second-order valence-corrected chi connectivity index (χ2v) is 5.99. The first kappa shape index (κ1) is 12.3. The summed E-state index contributed by atoms with van der Waals surface area (Å²) in [6, 6.07) is 7.53. The summed E-state index contributed by atoms with van der Waals surface area (Å²) >= 11 is 7.21. The van der Waals surface area contributed by atoms with Crippen LogP contribution >= 0.6 is 23.1 Å². The molecule has 0 saturated heterocycles. The van der Waals surface area contributed by atoms with Gasteiger partial charge in [-0.05, 0) is 45.0 Å². The zero-order valence-corrected chi connectivity index (χ0v) is 11.6. The van der Waals surface area contributed by atoms with Crippen molar-refractivity contribution in [3.8, 4) is 11.4 Å². The molecule has 90 valence electrons. The number of nitrogens with zero attached hydrogens (tertiary/aromatic N) is 2. The normalized spacial score (nSPS) is 11.5. The zero-order valence-electron chi connectivity index (χ0n) is 9.99. The number of benzene rings is 1. The Morgan fingerprint density at radius 2 is 1.82 bits per heavy atom. The molecule has 0 atom stereocenters. The number of anilines is 1. The van der Waals surface area contributed by atoms with Crippen molar-refractivity contribution in [3.63, 3.8) is 0 Å². The van der Waals surface area contributed by atoms with Crippen LogP contribution in [-0.2, 0) is 0 Å². The lowest BCUT2D eigenvalue weighted by Crippen LogP contribution is -2.25. The number of rotatable bonds is 2. The van der Waals surface area contributed by atoms with Gasteiger partial charge in [0.2, 0.25) is 5.13 Å². The molecule has 0 aliphatic heterocycles. The van der Waals surface area contributed by atoms with E-state index in [2.05, 4.69) is 35.4 Å². The smallest absolute Gasteiger partial charge is 0.203 e. The Morgan fingerprint density at radius 1 is 1.18 bits per heavy atom. The number of aromatic nitrogens is 2. The third-order valence-corrected chi connectivity index (χ3v) is 2.89. The van der Waals surface area contributed by atoms with E-state index in [-0.39, 0.29) is 5.54 Å². The highest BCUT2D eigenvalue weighted by atomic mass is 35.5. The third-order valence-electron chi connectivity index (χ3n) is 2.01. The minimum absolute atomic E-state index is 0.00318. The van der Waals surface area contributed by atoms with Crippen molar-refractivity contribution in [2.45, 2.75) is 26.3 Å². The predicted octanol–water partition coefficient (Wildman–Crippen LogP) is 4.07. The van der Waals surface area contributed by atoms with Gasteiger partial charge in [0.1, 0.15) is 0 Å². The molecule has 5 heteroatoms. The van der Waals surface area contributed by atoms with Crippen LogP contribution in [0.15, 0.2) is 24.3 Å². The maximum Gasteiger partial charge on any atom is 0.203 e. The van der Waals surface area contributed by atoms with Gasteiger partial charge in [-0.3, -0.25) is 0 Å². The Bertz CT molecular complexity index is 499. The summed E-state index contributed by atoms with van der Waals surface area (Å²) in [5.74, 6) is 0.735. The highest BCUT2D eigenvalue weighted by molar-refractivity contribution is 7.09. The first-order chi connectivity index (χ1) is 7.94. The molecule has 1 heterocycles. The quantitative estimate of drug-likeness (QED) is 0.891. The minimum atomic E-state index is -0.00318. The van der Waals surface area contributed by atoms with Crippen LogP contribution in [-0.4, -0.2) is 14.9 Å². The summed E-state index contributed by atoms with van der Waals surface area (Å²) in [7, 11) is 0. The maximum absolute atomic E-state index is 5.84. The van der Waals surface area contributed by atoms with Crippen LogP contribution in [0, 0.1) is 0 Å². The highest BCUT2D eigenvalue weighted by Gasteiger charge is 2.13. The molecule has 0 spiro atoms. The highest BCUT2D eigenvalue weighted by Crippen LogP contribution is 2.24. The molecule has 0 bridgehead atoms. The van der Waals surface area contributed by atoms with E-state index in [0.29, 0.717) is 0 Å². The molecule has 1 aromatic carbocycles. The fourth-order valence-corrected chi connectivity index (χ4v) is 2.24. The Balaban J connectivity index is 2.21. The molecule has 17 heavy (non-hydrogen) atoms. The minimum Gasteiger partial charge on any atom is -0.356 e. The Labute approximate surface area is 110 Å². The van der Waals surface area contributed by atoms with Crippen molar-refractivity contribution in [1.82, 2.24) is 9.36 Å². The Morgan fingerprint density at radius 3 is 2.41 bits per heavy atom. The van der Waals surface area contributed by atoms with E-state index < -0.39 is 0 Å². The predicted molar refractivity (Wildman–Crippen MR) is 73.7 cm³/mol. The summed E-state index contributed by atoms with van der Waals surface area (Å²) in [5, 5.41) is 4.86. The monoisotopic (exact) mass is 267 g/mol. The molecule has 0 aliphatic carbocycles. The lowest BCUT2D eigenvalue weighted by atomic mass is 10.1. The Kier molecular flexibility index (Phi) is 3.35. The molecule has 2 rings (SSSR count). The maximum atomic E-state index is 5.84. The molecular weight excluding hydrogens is 254 g/mol. The largest absolute Gasteiger partial charge is 0.356 e. The van der Waals surface area contributed by atoms with Crippen molar-refractivity contribution < 1.29 is 0 Å². The molecule has 1 N–H and O–H groups in total. The molecule has 0 amide bonds. The first-order valence-corrected chi connectivity index (χ1v) is 6.47. The van der Waals surface area contributed by atoms with E-state index in [4.69, 9.17) is 11.6 Å². The van der Waals surface area contributed by atoms with E-state index in [1.165, 1.54) is 11.5 Å². The number of hydrogen-bond acceptors (Lipinski definition) is 4. The van der Waals surface area contributed by atoms with Gasteiger partial charge in [0, 0.05) is 27.7 Å². The van der Waals surface area contributed by atoms with Gasteiger partial charge < -0.3 is 5.32 Å². The van der Waals surface area contributed by atoms with Gasteiger partial charge in [-0.15, -0.1) is 0 Å². The summed E-state index contributed by atoms with van der Waals surface area (Å²) < 4.78 is 4.33. The second-order valence-electron chi connectivity index (χ2n) is 4.81. The van der Waals surface area contributed by atoms with Gasteiger partial charge >= 0.3 is 0 Å². The zero-order chi connectivity index (χ0) is 12.5. The fraction of sp³-hybridized carbons (Fsp3) is 0.333. The van der Waals surface area contributed by atoms with Crippen LogP contribution < -0.4 is 5.32 Å². The number of halogens is 1. The molecule has 0 fully saturated rings. The molecule has 0 saturated carbocycles. The molecular formula is C12H14ClN3S. The standard InChI is InChI=1S/C12H14ClN3S/c1-12(2,3)15-11-14-10(16-17-11)8-4-6-9(13)7-5-8/h4-7H,1-3H3,(H,14,15,16). The van der Waals surface area contributed by atoms with Crippen LogP contribution in [0.4, 0.5) is 5.13 Å². The van der Waals surface area contributed by atoms with Gasteiger partial charge in [-0.2, -0.15) is 9.36 Å². The van der Waals surface area contributed by atoms with Crippen molar-refractivity contribution in [2.24, 2.45) is 0 Å². The van der Waals surface area contributed by atoms with Gasteiger partial charge in [0.15, 0.2) is 5.82 Å². The first-order valence-electron chi connectivity index (χ1n) is 5.32. The number of hydrogen-bond donors (Lipinski definition) is 1. The van der Waals surface area contributed by atoms with E-state index >= 15 is 0 Å². The molecule has 2 aromatic rings. The fourth-order valence-electron chi connectivity index (χ4n) is 1.31. The molecule has 3 nitrogen and oxygen atoms in total. The molecule has 0 aliphatic rings. The average molecular weight is 268 g/mol. The molecule has 1 aromatic heterocycles. The van der Waals surface area contributed by atoms with E-state index in [9.17, 15) is 0 Å². The number of nitrogens with one attached hydrogen (secondary N) is 1. The summed E-state index contributed by atoms with van der Waals surface area (Å²) in [4.78, 5) is 4.45. The van der Waals surface area contributed by atoms with Crippen molar-refractivity contribution in [2.75, 3.05) is 5.32 Å². The van der Waals surface area contributed by atoms with E-state index in [0.717, 1.165) is 21.5 Å². The van der Waals surface area contributed by atoms with Crippen molar-refractivity contribution in [3.05, 3.63) is 29.3 Å². The van der Waals surface area contributed by atoms with Crippen LogP contribution in [0.5, 0.6) is 0 Å². The van der Waals surface area contributed by atoms with Crippen molar-refractivity contribution in [1.29, 1.82) is 0 Å². The van der Waals surface area contributed by atoms with Gasteiger partial charge in [-0.25, -0.2) is 0 Å². The van der Waals surface area contributed by atoms with Gasteiger partial charge in [-0.1, -0.05) is 11.6 Å². The Hall–Kier alpha value is -1.13. The SMILES string of the molecule is CC(C)(C)Nc1nc(-c2ccc(Cl)cc2)ns1. The third kappa shape index (κ3) is 3.41. The lowest BCUT2D eigenvalue weighted by Gasteiger charge is -2.18. The molecule has 0 radical (unpaired) electrons. The second kappa shape index (κ2) is 4.63. The van der Waals surface area contributed by atoms with Crippen LogP contribution in [0.1, 0.15) is 20.8 Å². The summed E-state index contributed by atoms with van der Waals surface area (Å²) in [6.07, 6.45) is 0. The van der Waals surface area contributed by atoms with Crippen molar-refractivity contribution >= 4 is 28.3 Å². The lowest BCUT2D eigenvalue weighted by molar-refractivity contribution is 0.633. The van der Waals surface area contributed by atoms with Crippen LogP contribution in [0.3, 0.4) is 0 Å². The van der Waals surface area contributed by atoms with E-state index in [1.54, 1.807) is 0 Å². The van der Waals surface area contributed by atoms with Gasteiger partial charge in [0.25, 0.3) is 0 Å². The average Bonchev–Trinajstić information content (AvgIpc) is 2.64. The topological polar surface area (TPSA) is 37.8 Å².